The molecule has 0 atom stereocenters. The molecule has 2 N–H and O–H groups in total. The minimum Gasteiger partial charge on any atom is -0.478 e. The number of carboxylic acid groups (broad SMARTS) is 2. The molecule has 0 unspecified atom stereocenters. The number of carboxylic acids is 2. The molecule has 0 saturated carbocycles. The monoisotopic (exact) mass is 300 g/mol. The van der Waals surface area contributed by atoms with Gasteiger partial charge in [-0.25, -0.2) is 19.2 Å². The normalized spacial score (nSPS) is 10.3. The van der Waals surface area contributed by atoms with E-state index in [-0.39, 0.29) is 0 Å². The number of esters is 4. The maximum absolute atomic E-state index is 11.0. The van der Waals surface area contributed by atoms with Gasteiger partial charge >= 0.3 is 35.8 Å². The first-order chi connectivity index (χ1) is 9.70. The molecule has 0 bridgehead atoms. The van der Waals surface area contributed by atoms with Gasteiger partial charge in [0.2, 0.25) is 0 Å². The summed E-state index contributed by atoms with van der Waals surface area (Å²) in [5.74, 6) is -8.31. The van der Waals surface area contributed by atoms with Crippen molar-refractivity contribution in [2.24, 2.45) is 0 Å². The summed E-state index contributed by atoms with van der Waals surface area (Å²) in [6.07, 6.45) is 0.597. The molecule has 10 nitrogen and oxygen atoms in total. The fraction of sp³-hybridized carbons (Fsp3) is 0.0909. The average molecular weight is 300 g/mol. The summed E-state index contributed by atoms with van der Waals surface area (Å²) in [6, 6.07) is 0. The van der Waals surface area contributed by atoms with Crippen molar-refractivity contribution < 1.29 is 48.5 Å². The van der Waals surface area contributed by atoms with Crippen LogP contribution in [0.5, 0.6) is 0 Å². The van der Waals surface area contributed by atoms with Gasteiger partial charge in [0.05, 0.1) is 0 Å². The van der Waals surface area contributed by atoms with Gasteiger partial charge in [0.15, 0.2) is 0 Å². The SMILES string of the molecule is O=C(O)/C=C\C(=O)OC(=O)CC(=O)OC(=O)/C=C\C(=O)O. The largest absolute Gasteiger partial charge is 0.478 e. The third-order valence-corrected chi connectivity index (χ3v) is 1.44. The fourth-order valence-electron chi connectivity index (χ4n) is 0.761. The lowest BCUT2D eigenvalue weighted by Crippen LogP contribution is -2.18. The molecule has 112 valence electrons. The molecule has 0 heterocycles. The van der Waals surface area contributed by atoms with E-state index >= 15 is 0 Å². The molecule has 0 aliphatic heterocycles. The third kappa shape index (κ3) is 10.3. The van der Waals surface area contributed by atoms with Gasteiger partial charge in [0.25, 0.3) is 0 Å². The first-order valence-corrected chi connectivity index (χ1v) is 5.02. The molecule has 0 spiro atoms. The number of rotatable bonds is 6. The van der Waals surface area contributed by atoms with E-state index in [1.165, 1.54) is 0 Å². The summed E-state index contributed by atoms with van der Waals surface area (Å²) in [7, 11) is 0. The molecule has 10 heteroatoms. The van der Waals surface area contributed by atoms with E-state index in [1.54, 1.807) is 0 Å². The Morgan fingerprint density at radius 2 is 1.00 bits per heavy atom. The average Bonchev–Trinajstić information content (AvgIpc) is 2.33. The van der Waals surface area contributed by atoms with Crippen LogP contribution < -0.4 is 0 Å². The van der Waals surface area contributed by atoms with Crippen LogP contribution in [0.2, 0.25) is 0 Å². The topological polar surface area (TPSA) is 161 Å². The second kappa shape index (κ2) is 8.74. The van der Waals surface area contributed by atoms with Gasteiger partial charge in [-0.1, -0.05) is 0 Å². The first-order valence-electron chi connectivity index (χ1n) is 5.02. The first kappa shape index (κ1) is 17.7. The Labute approximate surface area is 116 Å². The summed E-state index contributed by atoms with van der Waals surface area (Å²) in [4.78, 5) is 63.8. The van der Waals surface area contributed by atoms with Gasteiger partial charge in [-0.2, -0.15) is 0 Å². The summed E-state index contributed by atoms with van der Waals surface area (Å²) >= 11 is 0. The standard InChI is InChI=1S/C11H8O10/c12-6(13)1-3-8(16)20-10(18)5-11(19)21-9(17)4-2-7(14)15/h1-4H,5H2,(H,12,13)(H,14,15)/b3-1-,4-2-. The third-order valence-electron chi connectivity index (χ3n) is 1.44. The van der Waals surface area contributed by atoms with Crippen LogP contribution in [0.15, 0.2) is 24.3 Å². The van der Waals surface area contributed by atoms with E-state index in [1.807, 2.05) is 0 Å². The highest BCUT2D eigenvalue weighted by molar-refractivity contribution is 6.03. The zero-order valence-corrected chi connectivity index (χ0v) is 10.2. The Hall–Kier alpha value is -3.30. The molecular weight excluding hydrogens is 292 g/mol. The molecule has 0 radical (unpaired) electrons. The molecular formula is C11H8O10. The highest BCUT2D eigenvalue weighted by Gasteiger charge is 2.17. The lowest BCUT2D eigenvalue weighted by Gasteiger charge is -1.99. The molecule has 0 saturated heterocycles. The van der Waals surface area contributed by atoms with Crippen molar-refractivity contribution in [2.45, 2.75) is 6.42 Å². The molecule has 0 amide bonds. The van der Waals surface area contributed by atoms with Crippen LogP contribution in [0.1, 0.15) is 6.42 Å². The smallest absolute Gasteiger partial charge is 0.338 e. The lowest BCUT2D eigenvalue weighted by atomic mass is 10.4. The Kier molecular flexibility index (Phi) is 7.37. The maximum atomic E-state index is 11.0. The Morgan fingerprint density at radius 3 is 1.29 bits per heavy atom. The van der Waals surface area contributed by atoms with Crippen LogP contribution in [-0.2, 0) is 38.2 Å². The van der Waals surface area contributed by atoms with Crippen LogP contribution >= 0.6 is 0 Å². The molecule has 0 aromatic carbocycles. The zero-order valence-electron chi connectivity index (χ0n) is 10.2. The van der Waals surface area contributed by atoms with Gasteiger partial charge < -0.3 is 19.7 Å². The molecule has 0 aliphatic rings. The minimum atomic E-state index is -1.45. The predicted molar refractivity (Wildman–Crippen MR) is 60.4 cm³/mol. The van der Waals surface area contributed by atoms with Gasteiger partial charge in [0, 0.05) is 24.3 Å². The van der Waals surface area contributed by atoms with Crippen LogP contribution in [-0.4, -0.2) is 46.0 Å². The van der Waals surface area contributed by atoms with Crippen molar-refractivity contribution in [3.63, 3.8) is 0 Å². The lowest BCUT2D eigenvalue weighted by molar-refractivity contribution is -0.163. The number of aliphatic carboxylic acids is 2. The van der Waals surface area contributed by atoms with E-state index in [2.05, 4.69) is 9.47 Å². The van der Waals surface area contributed by atoms with E-state index in [0.29, 0.717) is 24.3 Å². The Balaban J connectivity index is 4.24. The summed E-state index contributed by atoms with van der Waals surface area (Å²) in [5, 5.41) is 16.4. The molecule has 0 aliphatic carbocycles. The van der Waals surface area contributed by atoms with Crippen LogP contribution in [0, 0.1) is 0 Å². The molecule has 0 aromatic heterocycles. The van der Waals surface area contributed by atoms with Crippen molar-refractivity contribution in [3.05, 3.63) is 24.3 Å². The van der Waals surface area contributed by atoms with Crippen LogP contribution in [0.4, 0.5) is 0 Å². The van der Waals surface area contributed by atoms with E-state index in [9.17, 15) is 28.8 Å². The Morgan fingerprint density at radius 1 is 0.667 bits per heavy atom. The highest BCUT2D eigenvalue weighted by atomic mass is 16.6. The fourth-order valence-corrected chi connectivity index (χ4v) is 0.761. The number of ether oxygens (including phenoxy) is 2. The van der Waals surface area contributed by atoms with Gasteiger partial charge in [0.1, 0.15) is 6.42 Å². The van der Waals surface area contributed by atoms with E-state index in [4.69, 9.17) is 10.2 Å². The maximum Gasteiger partial charge on any atom is 0.338 e. The van der Waals surface area contributed by atoms with Gasteiger partial charge in [-0.15, -0.1) is 0 Å². The number of hydrogen-bond donors (Lipinski definition) is 2. The van der Waals surface area contributed by atoms with Crippen molar-refractivity contribution in [2.75, 3.05) is 0 Å². The van der Waals surface area contributed by atoms with Gasteiger partial charge in [-0.3, -0.25) is 9.59 Å². The summed E-state index contributed by atoms with van der Waals surface area (Å²) in [6.45, 7) is 0. The number of hydrogen-bond acceptors (Lipinski definition) is 8. The minimum absolute atomic E-state index is 0.411. The van der Waals surface area contributed by atoms with Gasteiger partial charge in [-0.05, 0) is 0 Å². The summed E-state index contributed by atoms with van der Waals surface area (Å²) in [5.41, 5.74) is 0. The van der Waals surface area contributed by atoms with Crippen LogP contribution in [0.25, 0.3) is 0 Å². The number of carbonyl (C=O) groups is 6. The van der Waals surface area contributed by atoms with E-state index < -0.39 is 42.2 Å². The van der Waals surface area contributed by atoms with E-state index in [0.717, 1.165) is 0 Å². The molecule has 0 fully saturated rings. The van der Waals surface area contributed by atoms with Crippen molar-refractivity contribution in [1.29, 1.82) is 0 Å². The molecule has 0 aromatic rings. The second-order valence-electron chi connectivity index (χ2n) is 3.11. The second-order valence-corrected chi connectivity index (χ2v) is 3.11. The van der Waals surface area contributed by atoms with Crippen molar-refractivity contribution in [3.8, 4) is 0 Å². The highest BCUT2D eigenvalue weighted by Crippen LogP contribution is 1.94. The quantitative estimate of drug-likeness (QED) is 0.346. The number of carbonyl (C=O) groups excluding carboxylic acids is 4. The predicted octanol–water partition coefficient (Wildman–Crippen LogP) is -1.20. The molecule has 21 heavy (non-hydrogen) atoms. The van der Waals surface area contributed by atoms with Crippen molar-refractivity contribution in [1.82, 2.24) is 0 Å². The Bertz CT molecular complexity index is 491. The zero-order chi connectivity index (χ0) is 16.4. The van der Waals surface area contributed by atoms with Crippen molar-refractivity contribution >= 4 is 35.8 Å². The molecule has 0 rings (SSSR count). The summed E-state index contributed by atoms with van der Waals surface area (Å²) < 4.78 is 8.00. The van der Waals surface area contributed by atoms with Crippen LogP contribution in [0.3, 0.4) is 0 Å².